The molecule has 0 radical (unpaired) electrons. The van der Waals surface area contributed by atoms with Gasteiger partial charge in [-0.15, -0.1) is 0 Å². The zero-order valence-corrected chi connectivity index (χ0v) is 12.3. The van der Waals surface area contributed by atoms with Crippen molar-refractivity contribution < 1.29 is 9.84 Å². The van der Waals surface area contributed by atoms with Gasteiger partial charge in [0.1, 0.15) is 11.9 Å². The molecule has 0 bridgehead atoms. The minimum Gasteiger partial charge on any atom is -0.489 e. The van der Waals surface area contributed by atoms with Gasteiger partial charge < -0.3 is 9.84 Å². The molecule has 1 atom stereocenters. The molecule has 0 spiro atoms. The molecule has 0 amide bonds. The zero-order chi connectivity index (χ0) is 13.8. The van der Waals surface area contributed by atoms with E-state index in [0.29, 0.717) is 17.0 Å². The van der Waals surface area contributed by atoms with Crippen LogP contribution in [0.3, 0.4) is 0 Å². The van der Waals surface area contributed by atoms with Crippen molar-refractivity contribution in [1.29, 1.82) is 0 Å². The Bertz CT molecular complexity index is 561. The van der Waals surface area contributed by atoms with Crippen molar-refractivity contribution in [3.05, 3.63) is 52.5 Å². The van der Waals surface area contributed by atoms with E-state index in [0.717, 1.165) is 4.47 Å². The second kappa shape index (κ2) is 6.12. The first-order valence-electron chi connectivity index (χ1n) is 5.98. The van der Waals surface area contributed by atoms with E-state index in [-0.39, 0.29) is 6.10 Å². The normalized spacial score (nSPS) is 12.5. The summed E-state index contributed by atoms with van der Waals surface area (Å²) in [6.07, 6.45) is 4.11. The maximum atomic E-state index is 10.3. The highest BCUT2D eigenvalue weighted by molar-refractivity contribution is 9.10. The summed E-state index contributed by atoms with van der Waals surface area (Å²) >= 11 is 3.38. The van der Waals surface area contributed by atoms with E-state index < -0.39 is 6.10 Å². The number of hydrogen-bond acceptors (Lipinski definition) is 4. The summed E-state index contributed by atoms with van der Waals surface area (Å²) in [5.41, 5.74) is 1.21. The van der Waals surface area contributed by atoms with Gasteiger partial charge in [0.2, 0.25) is 0 Å². The largest absolute Gasteiger partial charge is 0.489 e. The monoisotopic (exact) mass is 322 g/mol. The van der Waals surface area contributed by atoms with Crippen LogP contribution in [-0.2, 0) is 0 Å². The molecule has 0 aliphatic rings. The summed E-state index contributed by atoms with van der Waals surface area (Å²) in [5, 5.41) is 10.3. The molecule has 19 heavy (non-hydrogen) atoms. The lowest BCUT2D eigenvalue weighted by Gasteiger charge is -2.14. The summed E-state index contributed by atoms with van der Waals surface area (Å²) in [7, 11) is 0. The van der Waals surface area contributed by atoms with E-state index >= 15 is 0 Å². The van der Waals surface area contributed by atoms with Crippen LogP contribution in [0.15, 0.2) is 41.3 Å². The molecule has 2 heterocycles. The van der Waals surface area contributed by atoms with Gasteiger partial charge in [-0.1, -0.05) is 0 Å². The van der Waals surface area contributed by atoms with Crippen LogP contribution in [0.1, 0.15) is 31.2 Å². The highest BCUT2D eigenvalue weighted by atomic mass is 79.9. The standard InChI is InChI=1S/C14H15BrN2O2/c1-9(2)19-11-6-10(7-16-8-11)14(18)13-12(15)4-3-5-17-13/h3-9,14,18H,1-2H3. The third kappa shape index (κ3) is 3.52. The second-order valence-corrected chi connectivity index (χ2v) is 5.25. The number of hydrogen-bond donors (Lipinski definition) is 1. The van der Waals surface area contributed by atoms with Gasteiger partial charge in [-0.2, -0.15) is 0 Å². The fraction of sp³-hybridized carbons (Fsp3) is 0.286. The molecule has 2 aromatic heterocycles. The van der Waals surface area contributed by atoms with E-state index in [2.05, 4.69) is 25.9 Å². The summed E-state index contributed by atoms with van der Waals surface area (Å²) in [4.78, 5) is 8.27. The van der Waals surface area contributed by atoms with Gasteiger partial charge in [0.15, 0.2) is 0 Å². The van der Waals surface area contributed by atoms with Crippen molar-refractivity contribution in [2.24, 2.45) is 0 Å². The van der Waals surface area contributed by atoms with E-state index in [1.807, 2.05) is 19.9 Å². The lowest BCUT2D eigenvalue weighted by molar-refractivity contribution is 0.210. The molecule has 0 saturated carbocycles. The summed E-state index contributed by atoms with van der Waals surface area (Å²) in [6.45, 7) is 3.89. The van der Waals surface area contributed by atoms with Crippen LogP contribution < -0.4 is 4.74 Å². The van der Waals surface area contributed by atoms with Gasteiger partial charge in [-0.3, -0.25) is 9.97 Å². The summed E-state index contributed by atoms with van der Waals surface area (Å²) < 4.78 is 6.33. The van der Waals surface area contributed by atoms with Crippen molar-refractivity contribution >= 4 is 15.9 Å². The van der Waals surface area contributed by atoms with Crippen LogP contribution in [0.2, 0.25) is 0 Å². The minimum atomic E-state index is -0.834. The molecular formula is C14H15BrN2O2. The predicted molar refractivity (Wildman–Crippen MR) is 76.0 cm³/mol. The fourth-order valence-corrected chi connectivity index (χ4v) is 2.15. The average molecular weight is 323 g/mol. The Hall–Kier alpha value is -1.46. The van der Waals surface area contributed by atoms with Gasteiger partial charge in [-0.25, -0.2) is 0 Å². The number of nitrogens with zero attached hydrogens (tertiary/aromatic N) is 2. The topological polar surface area (TPSA) is 55.2 Å². The highest BCUT2D eigenvalue weighted by Gasteiger charge is 2.16. The Morgan fingerprint density at radius 2 is 2.11 bits per heavy atom. The lowest BCUT2D eigenvalue weighted by atomic mass is 10.1. The van der Waals surface area contributed by atoms with Crippen LogP contribution in [0.5, 0.6) is 5.75 Å². The molecule has 100 valence electrons. The van der Waals surface area contributed by atoms with E-state index in [9.17, 15) is 5.11 Å². The number of aliphatic hydroxyl groups is 1. The third-order valence-electron chi connectivity index (χ3n) is 2.47. The van der Waals surface area contributed by atoms with Crippen LogP contribution in [0.25, 0.3) is 0 Å². The number of halogens is 1. The number of ether oxygens (including phenoxy) is 1. The first kappa shape index (κ1) is 14.0. The molecule has 0 aromatic carbocycles. The zero-order valence-electron chi connectivity index (χ0n) is 10.7. The predicted octanol–water partition coefficient (Wildman–Crippen LogP) is 3.11. The molecule has 1 N–H and O–H groups in total. The highest BCUT2D eigenvalue weighted by Crippen LogP contribution is 2.27. The van der Waals surface area contributed by atoms with Gasteiger partial charge in [-0.05, 0) is 48.0 Å². The van der Waals surface area contributed by atoms with Crippen LogP contribution in [0.4, 0.5) is 0 Å². The van der Waals surface area contributed by atoms with Gasteiger partial charge in [0, 0.05) is 22.4 Å². The summed E-state index contributed by atoms with van der Waals surface area (Å²) in [6, 6.07) is 5.42. The number of rotatable bonds is 4. The first-order chi connectivity index (χ1) is 9.08. The maximum absolute atomic E-state index is 10.3. The molecule has 0 saturated heterocycles. The van der Waals surface area contributed by atoms with Gasteiger partial charge >= 0.3 is 0 Å². The molecule has 0 aliphatic carbocycles. The Morgan fingerprint density at radius 3 is 2.79 bits per heavy atom. The molecular weight excluding hydrogens is 308 g/mol. The summed E-state index contributed by atoms with van der Waals surface area (Å²) in [5.74, 6) is 0.638. The van der Waals surface area contributed by atoms with Crippen molar-refractivity contribution in [2.75, 3.05) is 0 Å². The van der Waals surface area contributed by atoms with E-state index in [1.165, 1.54) is 0 Å². The number of pyridine rings is 2. The molecule has 2 aromatic rings. The average Bonchev–Trinajstić information content (AvgIpc) is 2.38. The molecule has 0 fully saturated rings. The fourth-order valence-electron chi connectivity index (χ4n) is 1.68. The first-order valence-corrected chi connectivity index (χ1v) is 6.77. The maximum Gasteiger partial charge on any atom is 0.138 e. The number of aliphatic hydroxyl groups excluding tert-OH is 1. The third-order valence-corrected chi connectivity index (χ3v) is 3.14. The van der Waals surface area contributed by atoms with Crippen molar-refractivity contribution in [3.8, 4) is 5.75 Å². The quantitative estimate of drug-likeness (QED) is 0.939. The van der Waals surface area contributed by atoms with Crippen LogP contribution >= 0.6 is 15.9 Å². The molecule has 2 rings (SSSR count). The number of aromatic nitrogens is 2. The van der Waals surface area contributed by atoms with Crippen LogP contribution in [0, 0.1) is 0 Å². The Balaban J connectivity index is 2.29. The van der Waals surface area contributed by atoms with Gasteiger partial charge in [0.25, 0.3) is 0 Å². The molecule has 5 heteroatoms. The van der Waals surface area contributed by atoms with Gasteiger partial charge in [0.05, 0.1) is 18.0 Å². The van der Waals surface area contributed by atoms with Crippen LogP contribution in [-0.4, -0.2) is 21.2 Å². The Morgan fingerprint density at radius 1 is 1.32 bits per heavy atom. The molecule has 1 unspecified atom stereocenters. The molecule has 4 nitrogen and oxygen atoms in total. The van der Waals surface area contributed by atoms with E-state index in [4.69, 9.17) is 4.74 Å². The Kier molecular flexibility index (Phi) is 4.50. The smallest absolute Gasteiger partial charge is 0.138 e. The SMILES string of the molecule is CC(C)Oc1cncc(C(O)c2ncccc2Br)c1. The lowest BCUT2D eigenvalue weighted by Crippen LogP contribution is -2.08. The molecule has 0 aliphatic heterocycles. The van der Waals surface area contributed by atoms with Crippen molar-refractivity contribution in [2.45, 2.75) is 26.1 Å². The Labute approximate surface area is 120 Å². The minimum absolute atomic E-state index is 0.0655. The van der Waals surface area contributed by atoms with E-state index in [1.54, 1.807) is 30.7 Å². The van der Waals surface area contributed by atoms with Crippen molar-refractivity contribution in [1.82, 2.24) is 9.97 Å². The van der Waals surface area contributed by atoms with Crippen molar-refractivity contribution in [3.63, 3.8) is 0 Å². The second-order valence-electron chi connectivity index (χ2n) is 4.39.